The van der Waals surface area contributed by atoms with Crippen LogP contribution < -0.4 is 5.32 Å². The molecule has 1 aromatic carbocycles. The first kappa shape index (κ1) is 19.5. The lowest BCUT2D eigenvalue weighted by Crippen LogP contribution is -2.12. The second-order valence-electron chi connectivity index (χ2n) is 7.19. The molecule has 0 atom stereocenters. The van der Waals surface area contributed by atoms with Gasteiger partial charge in [-0.1, -0.05) is 0 Å². The van der Waals surface area contributed by atoms with Crippen LogP contribution in [0.2, 0.25) is 0 Å². The Kier molecular flexibility index (Phi) is 4.87. The zero-order valence-electron chi connectivity index (χ0n) is 17.0. The maximum atomic E-state index is 13.9. The summed E-state index contributed by atoms with van der Waals surface area (Å²) in [5.74, 6) is -0.179. The summed E-state index contributed by atoms with van der Waals surface area (Å²) in [5, 5.41) is 7.25. The van der Waals surface area contributed by atoms with Gasteiger partial charge in [-0.3, -0.25) is 9.78 Å². The van der Waals surface area contributed by atoms with Crippen LogP contribution in [0.3, 0.4) is 0 Å². The average molecular weight is 424 g/mol. The first-order valence-corrected chi connectivity index (χ1v) is 9.88. The molecule has 5 aromatic rings. The van der Waals surface area contributed by atoms with Crippen LogP contribution in [0.1, 0.15) is 15.9 Å². The number of amides is 1. The van der Waals surface area contributed by atoms with Crippen molar-refractivity contribution in [3.63, 3.8) is 0 Å². The van der Waals surface area contributed by atoms with E-state index in [1.54, 1.807) is 72.6 Å². The van der Waals surface area contributed by atoms with Gasteiger partial charge in [0.2, 0.25) is 0 Å². The van der Waals surface area contributed by atoms with Gasteiger partial charge in [0.05, 0.1) is 5.69 Å². The highest BCUT2D eigenvalue weighted by Gasteiger charge is 2.18. The number of aromatic nitrogens is 5. The van der Waals surface area contributed by atoms with Gasteiger partial charge in [-0.2, -0.15) is 5.10 Å². The number of carbonyl (C=O) groups is 1. The smallest absolute Gasteiger partial charge is 0.256 e. The number of hydrogen-bond donors (Lipinski definition) is 1. The minimum Gasteiger partial charge on any atom is -0.307 e. The number of nitrogens with one attached hydrogen (secondary N) is 1. The maximum Gasteiger partial charge on any atom is 0.256 e. The molecule has 8 heteroatoms. The first-order valence-electron chi connectivity index (χ1n) is 9.88. The van der Waals surface area contributed by atoms with E-state index in [0.717, 1.165) is 11.1 Å². The van der Waals surface area contributed by atoms with E-state index in [-0.39, 0.29) is 11.7 Å². The van der Waals surface area contributed by atoms with E-state index in [1.807, 2.05) is 12.1 Å². The fourth-order valence-corrected chi connectivity index (χ4v) is 3.48. The van der Waals surface area contributed by atoms with Crippen LogP contribution in [0.25, 0.3) is 28.2 Å². The minimum atomic E-state index is -0.289. The van der Waals surface area contributed by atoms with Crippen LogP contribution in [0.4, 0.5) is 10.2 Å². The number of anilines is 1. The van der Waals surface area contributed by atoms with Crippen LogP contribution in [0.5, 0.6) is 0 Å². The molecule has 0 aliphatic rings. The summed E-state index contributed by atoms with van der Waals surface area (Å²) in [6.45, 7) is 1.71. The van der Waals surface area contributed by atoms with E-state index >= 15 is 0 Å². The number of aryl methyl sites for hydroxylation is 1. The lowest BCUT2D eigenvalue weighted by atomic mass is 10.0. The molecule has 0 saturated heterocycles. The highest BCUT2D eigenvalue weighted by molar-refractivity contribution is 6.03. The Morgan fingerprint density at radius 2 is 1.81 bits per heavy atom. The first-order chi connectivity index (χ1) is 15.6. The van der Waals surface area contributed by atoms with E-state index in [1.165, 1.54) is 6.07 Å². The van der Waals surface area contributed by atoms with Crippen molar-refractivity contribution in [3.8, 4) is 22.5 Å². The molecule has 0 radical (unpaired) electrons. The van der Waals surface area contributed by atoms with Crippen molar-refractivity contribution in [2.24, 2.45) is 0 Å². The Labute approximate surface area is 182 Å². The summed E-state index contributed by atoms with van der Waals surface area (Å²) >= 11 is 0. The SMILES string of the molecule is Cc1cc(-c2nc3cccnn3c2-c2ccnc(NC(=O)c3ccncc3)c2)ccc1F. The number of rotatable bonds is 4. The molecular weight excluding hydrogens is 407 g/mol. The Morgan fingerprint density at radius 3 is 2.62 bits per heavy atom. The molecule has 7 nitrogen and oxygen atoms in total. The van der Waals surface area contributed by atoms with Crippen molar-refractivity contribution in [2.75, 3.05) is 5.32 Å². The van der Waals surface area contributed by atoms with Crippen LogP contribution in [-0.4, -0.2) is 30.5 Å². The Bertz CT molecular complexity index is 1450. The van der Waals surface area contributed by atoms with Crippen LogP contribution in [-0.2, 0) is 0 Å². The third-order valence-electron chi connectivity index (χ3n) is 5.04. The molecule has 5 rings (SSSR count). The van der Waals surface area contributed by atoms with Gasteiger partial charge in [-0.25, -0.2) is 18.9 Å². The van der Waals surface area contributed by atoms with Crippen molar-refractivity contribution < 1.29 is 9.18 Å². The number of benzene rings is 1. The van der Waals surface area contributed by atoms with Gasteiger partial charge in [0.1, 0.15) is 17.3 Å². The van der Waals surface area contributed by atoms with Crippen LogP contribution in [0.15, 0.2) is 79.4 Å². The molecule has 0 fully saturated rings. The predicted molar refractivity (Wildman–Crippen MR) is 119 cm³/mol. The van der Waals surface area contributed by atoms with Crippen molar-refractivity contribution in [1.82, 2.24) is 24.6 Å². The molecule has 4 heterocycles. The van der Waals surface area contributed by atoms with Crippen molar-refractivity contribution in [3.05, 3.63) is 96.3 Å². The molecule has 32 heavy (non-hydrogen) atoms. The molecule has 1 amide bonds. The second kappa shape index (κ2) is 7.99. The van der Waals surface area contributed by atoms with Crippen LogP contribution >= 0.6 is 0 Å². The molecule has 0 aliphatic carbocycles. The fourth-order valence-electron chi connectivity index (χ4n) is 3.48. The Morgan fingerprint density at radius 1 is 0.969 bits per heavy atom. The lowest BCUT2D eigenvalue weighted by molar-refractivity contribution is 0.102. The van der Waals surface area contributed by atoms with E-state index in [0.29, 0.717) is 34.0 Å². The quantitative estimate of drug-likeness (QED) is 0.457. The number of halogens is 1. The van der Waals surface area contributed by atoms with Gasteiger partial charge in [0.15, 0.2) is 5.65 Å². The van der Waals surface area contributed by atoms with Crippen LogP contribution in [0, 0.1) is 12.7 Å². The summed E-state index contributed by atoms with van der Waals surface area (Å²) in [6, 6.07) is 15.4. The summed E-state index contributed by atoms with van der Waals surface area (Å²) in [6.07, 6.45) is 6.39. The summed E-state index contributed by atoms with van der Waals surface area (Å²) in [5.41, 5.74) is 4.55. The van der Waals surface area contributed by atoms with Gasteiger partial charge in [-0.15, -0.1) is 0 Å². The topological polar surface area (TPSA) is 85.1 Å². The second-order valence-corrected chi connectivity index (χ2v) is 7.19. The number of carbonyl (C=O) groups excluding carboxylic acids is 1. The summed E-state index contributed by atoms with van der Waals surface area (Å²) in [7, 11) is 0. The van der Waals surface area contributed by atoms with Crippen molar-refractivity contribution in [1.29, 1.82) is 0 Å². The largest absolute Gasteiger partial charge is 0.307 e. The standard InChI is InChI=1S/C24H17FN6O/c1-15-13-17(4-5-19(15)25)22-23(31-21(30-22)3-2-9-28-31)18-8-12-27-20(14-18)29-24(32)16-6-10-26-11-7-16/h2-14H,1H3,(H,27,29,32). The summed E-state index contributed by atoms with van der Waals surface area (Å²) in [4.78, 5) is 25.5. The highest BCUT2D eigenvalue weighted by Crippen LogP contribution is 2.33. The third-order valence-corrected chi connectivity index (χ3v) is 5.04. The monoisotopic (exact) mass is 424 g/mol. The predicted octanol–water partition coefficient (Wildman–Crippen LogP) is 4.55. The fraction of sp³-hybridized carbons (Fsp3) is 0.0417. The molecule has 0 unspecified atom stereocenters. The molecular formula is C24H17FN6O. The molecule has 0 spiro atoms. The van der Waals surface area contributed by atoms with Gasteiger partial charge in [-0.05, 0) is 67.1 Å². The molecule has 1 N–H and O–H groups in total. The molecule has 156 valence electrons. The van der Waals surface area contributed by atoms with Gasteiger partial charge in [0, 0.05) is 41.5 Å². The zero-order chi connectivity index (χ0) is 22.1. The van der Waals surface area contributed by atoms with E-state index in [4.69, 9.17) is 4.98 Å². The lowest BCUT2D eigenvalue weighted by Gasteiger charge is -2.09. The third kappa shape index (κ3) is 3.58. The average Bonchev–Trinajstić information content (AvgIpc) is 3.21. The Hall–Kier alpha value is -4.46. The number of hydrogen-bond acceptors (Lipinski definition) is 5. The van der Waals surface area contributed by atoms with Crippen molar-refractivity contribution in [2.45, 2.75) is 6.92 Å². The van der Waals surface area contributed by atoms with E-state index in [9.17, 15) is 9.18 Å². The highest BCUT2D eigenvalue weighted by atomic mass is 19.1. The van der Waals surface area contributed by atoms with Gasteiger partial charge >= 0.3 is 0 Å². The molecule has 0 saturated carbocycles. The number of fused-ring (bicyclic) bond motifs is 1. The summed E-state index contributed by atoms with van der Waals surface area (Å²) < 4.78 is 15.6. The zero-order valence-corrected chi connectivity index (χ0v) is 17.0. The number of imidazole rings is 1. The molecule has 0 bridgehead atoms. The Balaban J connectivity index is 1.61. The van der Waals surface area contributed by atoms with Gasteiger partial charge < -0.3 is 5.32 Å². The normalized spacial score (nSPS) is 10.9. The van der Waals surface area contributed by atoms with Gasteiger partial charge in [0.25, 0.3) is 5.91 Å². The van der Waals surface area contributed by atoms with Crippen molar-refractivity contribution >= 4 is 17.4 Å². The molecule has 0 aliphatic heterocycles. The number of nitrogens with zero attached hydrogens (tertiary/aromatic N) is 5. The molecule has 4 aromatic heterocycles. The minimum absolute atomic E-state index is 0.276. The number of pyridine rings is 2. The maximum absolute atomic E-state index is 13.9. The van der Waals surface area contributed by atoms with E-state index < -0.39 is 0 Å². The van der Waals surface area contributed by atoms with E-state index in [2.05, 4.69) is 20.4 Å².